The van der Waals surface area contributed by atoms with Crippen LogP contribution in [-0.4, -0.2) is 18.4 Å². The van der Waals surface area contributed by atoms with Crippen LogP contribution in [0, 0.1) is 11.3 Å². The zero-order valence-corrected chi connectivity index (χ0v) is 12.9. The molecule has 0 aliphatic rings. The van der Waals surface area contributed by atoms with Gasteiger partial charge in [0.05, 0.1) is 23.8 Å². The first kappa shape index (κ1) is 20.6. The number of halogens is 3. The van der Waals surface area contributed by atoms with Crippen LogP contribution in [-0.2, 0) is 20.5 Å². The molecule has 0 saturated carbocycles. The van der Waals surface area contributed by atoms with Crippen molar-refractivity contribution < 1.29 is 27.5 Å². The zero-order chi connectivity index (χ0) is 17.9. The third kappa shape index (κ3) is 9.30. The van der Waals surface area contributed by atoms with E-state index in [9.17, 15) is 22.8 Å². The standard InChI is InChI=1S/C8H4F3N.C8H14O3/c9-8(10,11)7-3-1-2-6(4-7)5-12;1-3-5-7(9)6-8(10)11-4-2/h1-4H;3-6H2,1-2H3. The summed E-state index contributed by atoms with van der Waals surface area (Å²) in [7, 11) is 0. The van der Waals surface area contributed by atoms with Gasteiger partial charge >= 0.3 is 12.1 Å². The van der Waals surface area contributed by atoms with Crippen molar-refractivity contribution in [2.24, 2.45) is 0 Å². The Hall–Kier alpha value is -2.36. The summed E-state index contributed by atoms with van der Waals surface area (Å²) >= 11 is 0. The molecule has 0 aliphatic carbocycles. The summed E-state index contributed by atoms with van der Waals surface area (Å²) in [6.07, 6.45) is -3.18. The van der Waals surface area contributed by atoms with Gasteiger partial charge in [0, 0.05) is 6.42 Å². The van der Waals surface area contributed by atoms with Crippen molar-refractivity contribution in [1.29, 1.82) is 5.26 Å². The van der Waals surface area contributed by atoms with E-state index in [1.165, 1.54) is 12.1 Å². The molecule has 23 heavy (non-hydrogen) atoms. The number of carbonyl (C=O) groups is 2. The fourth-order valence-electron chi connectivity index (χ4n) is 1.51. The Kier molecular flexibility index (Phi) is 9.31. The molecule has 126 valence electrons. The van der Waals surface area contributed by atoms with Crippen molar-refractivity contribution in [2.45, 2.75) is 39.3 Å². The molecule has 0 radical (unpaired) electrons. The van der Waals surface area contributed by atoms with Crippen molar-refractivity contribution in [3.63, 3.8) is 0 Å². The predicted molar refractivity (Wildman–Crippen MR) is 77.3 cm³/mol. The summed E-state index contributed by atoms with van der Waals surface area (Å²) in [4.78, 5) is 21.5. The van der Waals surface area contributed by atoms with Gasteiger partial charge in [0.2, 0.25) is 0 Å². The van der Waals surface area contributed by atoms with E-state index in [0.717, 1.165) is 18.6 Å². The number of hydrogen-bond acceptors (Lipinski definition) is 4. The van der Waals surface area contributed by atoms with Crippen LogP contribution in [0.25, 0.3) is 0 Å². The number of rotatable bonds is 5. The maximum Gasteiger partial charge on any atom is 0.416 e. The highest BCUT2D eigenvalue weighted by atomic mass is 19.4. The lowest BCUT2D eigenvalue weighted by Crippen LogP contribution is -2.10. The van der Waals surface area contributed by atoms with Gasteiger partial charge in [-0.25, -0.2) is 0 Å². The minimum Gasteiger partial charge on any atom is -0.466 e. The highest BCUT2D eigenvalue weighted by Crippen LogP contribution is 2.29. The zero-order valence-electron chi connectivity index (χ0n) is 12.9. The second kappa shape index (κ2) is 10.4. The number of nitrogens with zero attached hydrogens (tertiary/aromatic N) is 1. The molecule has 0 atom stereocenters. The average molecular weight is 329 g/mol. The van der Waals surface area contributed by atoms with Gasteiger partial charge in [0.1, 0.15) is 12.2 Å². The van der Waals surface area contributed by atoms with E-state index in [1.54, 1.807) is 13.0 Å². The minimum absolute atomic E-state index is 0.0184. The number of Topliss-reactive ketones (excluding diaryl/α,β-unsaturated/α-hetero) is 1. The number of nitriles is 1. The van der Waals surface area contributed by atoms with Crippen molar-refractivity contribution in [3.05, 3.63) is 35.4 Å². The van der Waals surface area contributed by atoms with E-state index in [4.69, 9.17) is 5.26 Å². The molecular formula is C16H18F3NO3. The summed E-state index contributed by atoms with van der Waals surface area (Å²) in [6.45, 7) is 3.98. The Morgan fingerprint density at radius 1 is 1.26 bits per heavy atom. The molecule has 1 aromatic carbocycles. The number of alkyl halides is 3. The Morgan fingerprint density at radius 3 is 2.39 bits per heavy atom. The molecule has 0 N–H and O–H groups in total. The Balaban J connectivity index is 0.000000423. The Bertz CT molecular complexity index is 546. The van der Waals surface area contributed by atoms with E-state index < -0.39 is 17.7 Å². The van der Waals surface area contributed by atoms with Crippen LogP contribution in [0.1, 0.15) is 44.2 Å². The topological polar surface area (TPSA) is 67.2 Å². The molecule has 0 heterocycles. The van der Waals surface area contributed by atoms with Crippen LogP contribution >= 0.6 is 0 Å². The Labute approximate surface area is 132 Å². The maximum atomic E-state index is 12.0. The summed E-state index contributed by atoms with van der Waals surface area (Å²) in [6, 6.07) is 5.93. The van der Waals surface area contributed by atoms with Crippen molar-refractivity contribution >= 4 is 11.8 Å². The van der Waals surface area contributed by atoms with Crippen LogP contribution in [0.4, 0.5) is 13.2 Å². The number of ether oxygens (including phenoxy) is 1. The minimum atomic E-state index is -4.37. The summed E-state index contributed by atoms with van der Waals surface area (Å²) < 4.78 is 40.6. The largest absolute Gasteiger partial charge is 0.466 e. The van der Waals surface area contributed by atoms with E-state index in [0.29, 0.717) is 13.0 Å². The van der Waals surface area contributed by atoms with Gasteiger partial charge < -0.3 is 4.74 Å². The number of hydrogen-bond donors (Lipinski definition) is 0. The normalized spacial score (nSPS) is 10.1. The van der Waals surface area contributed by atoms with E-state index in [1.807, 2.05) is 6.92 Å². The highest BCUT2D eigenvalue weighted by molar-refractivity contribution is 5.95. The highest BCUT2D eigenvalue weighted by Gasteiger charge is 2.30. The van der Waals surface area contributed by atoms with Crippen molar-refractivity contribution in [2.75, 3.05) is 6.61 Å². The molecule has 0 bridgehead atoms. The van der Waals surface area contributed by atoms with Crippen molar-refractivity contribution in [1.82, 2.24) is 0 Å². The van der Waals surface area contributed by atoms with E-state index in [-0.39, 0.29) is 17.8 Å². The molecule has 0 aromatic heterocycles. The number of benzene rings is 1. The fraction of sp³-hybridized carbons (Fsp3) is 0.438. The van der Waals surface area contributed by atoms with Crippen LogP contribution in [0.3, 0.4) is 0 Å². The van der Waals surface area contributed by atoms with Crippen LogP contribution < -0.4 is 0 Å². The first-order valence-electron chi connectivity index (χ1n) is 6.99. The molecule has 1 aromatic rings. The first-order valence-corrected chi connectivity index (χ1v) is 6.99. The van der Waals surface area contributed by atoms with Gasteiger partial charge in [0.25, 0.3) is 0 Å². The molecule has 0 unspecified atom stereocenters. The maximum absolute atomic E-state index is 12.0. The third-order valence-electron chi connectivity index (χ3n) is 2.49. The summed E-state index contributed by atoms with van der Waals surface area (Å²) in [5, 5.41) is 8.31. The van der Waals surface area contributed by atoms with Crippen LogP contribution in [0.5, 0.6) is 0 Å². The van der Waals surface area contributed by atoms with Crippen LogP contribution in [0.2, 0.25) is 0 Å². The van der Waals surface area contributed by atoms with E-state index >= 15 is 0 Å². The summed E-state index contributed by atoms with van der Waals surface area (Å²) in [5.41, 5.74) is -0.772. The lowest BCUT2D eigenvalue weighted by atomic mass is 10.1. The molecule has 0 saturated heterocycles. The lowest BCUT2D eigenvalue weighted by molar-refractivity contribution is -0.145. The molecular weight excluding hydrogens is 311 g/mol. The quantitative estimate of drug-likeness (QED) is 0.607. The molecule has 0 aliphatic heterocycles. The first-order chi connectivity index (χ1) is 10.7. The van der Waals surface area contributed by atoms with Gasteiger partial charge in [-0.1, -0.05) is 13.0 Å². The molecule has 4 nitrogen and oxygen atoms in total. The van der Waals surface area contributed by atoms with Gasteiger partial charge in [-0.15, -0.1) is 0 Å². The van der Waals surface area contributed by atoms with Crippen molar-refractivity contribution in [3.8, 4) is 6.07 Å². The summed E-state index contributed by atoms with van der Waals surface area (Å²) in [5.74, 6) is -0.447. The second-order valence-electron chi connectivity index (χ2n) is 4.46. The van der Waals surface area contributed by atoms with Gasteiger partial charge in [-0.3, -0.25) is 9.59 Å². The molecule has 0 fully saturated rings. The average Bonchev–Trinajstić information content (AvgIpc) is 2.47. The molecule has 0 spiro atoms. The smallest absolute Gasteiger partial charge is 0.416 e. The number of ketones is 1. The number of esters is 1. The van der Waals surface area contributed by atoms with Gasteiger partial charge in [0.15, 0.2) is 0 Å². The number of carbonyl (C=O) groups excluding carboxylic acids is 2. The fourth-order valence-corrected chi connectivity index (χ4v) is 1.51. The SMILES string of the molecule is CCCC(=O)CC(=O)OCC.N#Cc1cccc(C(F)(F)F)c1. The lowest BCUT2D eigenvalue weighted by Gasteiger charge is -2.05. The van der Waals surface area contributed by atoms with Crippen LogP contribution in [0.15, 0.2) is 24.3 Å². The van der Waals surface area contributed by atoms with Gasteiger partial charge in [-0.05, 0) is 31.5 Å². The third-order valence-corrected chi connectivity index (χ3v) is 2.49. The second-order valence-corrected chi connectivity index (χ2v) is 4.46. The van der Waals surface area contributed by atoms with Gasteiger partial charge in [-0.2, -0.15) is 18.4 Å². The Morgan fingerprint density at radius 2 is 1.91 bits per heavy atom. The molecule has 1 rings (SSSR count). The molecule has 0 amide bonds. The molecule has 7 heteroatoms. The monoisotopic (exact) mass is 329 g/mol. The van der Waals surface area contributed by atoms with E-state index in [2.05, 4.69) is 4.74 Å². The predicted octanol–water partition coefficient (Wildman–Crippen LogP) is 3.89.